The standard InChI is InChI=1S/C9H8Cl2O3/c10-8(11)5-14-7-4-2-1-3-6(7)9(12)13/h1-4,8H,5H2,(H,12,13). The molecule has 0 unspecified atom stereocenters. The molecule has 0 amide bonds. The molecule has 0 aromatic heterocycles. The van der Waals surface area contributed by atoms with Crippen molar-refractivity contribution in [2.24, 2.45) is 0 Å². The van der Waals surface area contributed by atoms with E-state index in [1.807, 2.05) is 0 Å². The first-order chi connectivity index (χ1) is 6.61. The monoisotopic (exact) mass is 234 g/mol. The van der Waals surface area contributed by atoms with Crippen LogP contribution in [0.25, 0.3) is 0 Å². The van der Waals surface area contributed by atoms with Gasteiger partial charge >= 0.3 is 5.97 Å². The average Bonchev–Trinajstić information content (AvgIpc) is 2.15. The van der Waals surface area contributed by atoms with Crippen molar-refractivity contribution in [2.45, 2.75) is 4.84 Å². The maximum absolute atomic E-state index is 10.7. The molecule has 0 aliphatic heterocycles. The molecular weight excluding hydrogens is 227 g/mol. The highest BCUT2D eigenvalue weighted by atomic mass is 35.5. The highest BCUT2D eigenvalue weighted by Gasteiger charge is 2.10. The number of aromatic carboxylic acids is 1. The molecular formula is C9H8Cl2O3. The number of alkyl halides is 2. The van der Waals surface area contributed by atoms with Crippen molar-refractivity contribution < 1.29 is 14.6 Å². The Morgan fingerprint density at radius 2 is 2.07 bits per heavy atom. The first-order valence-electron chi connectivity index (χ1n) is 3.84. The molecule has 0 aliphatic carbocycles. The molecule has 1 aromatic rings. The Bertz CT molecular complexity index is 326. The van der Waals surface area contributed by atoms with Crippen LogP contribution in [0.15, 0.2) is 24.3 Å². The van der Waals surface area contributed by atoms with Crippen molar-refractivity contribution in [3.63, 3.8) is 0 Å². The van der Waals surface area contributed by atoms with Crippen molar-refractivity contribution in [2.75, 3.05) is 6.61 Å². The fraction of sp³-hybridized carbons (Fsp3) is 0.222. The smallest absolute Gasteiger partial charge is 0.339 e. The van der Waals surface area contributed by atoms with E-state index < -0.39 is 10.8 Å². The van der Waals surface area contributed by atoms with Gasteiger partial charge in [-0.15, -0.1) is 23.2 Å². The maximum Gasteiger partial charge on any atom is 0.339 e. The van der Waals surface area contributed by atoms with Gasteiger partial charge in [-0.25, -0.2) is 4.79 Å². The summed E-state index contributed by atoms with van der Waals surface area (Å²) in [5, 5.41) is 8.78. The predicted molar refractivity (Wildman–Crippen MR) is 54.4 cm³/mol. The second kappa shape index (κ2) is 5.08. The molecule has 0 bridgehead atoms. The van der Waals surface area contributed by atoms with Gasteiger partial charge in [0.25, 0.3) is 0 Å². The molecule has 1 rings (SSSR count). The Morgan fingerprint density at radius 1 is 1.43 bits per heavy atom. The van der Waals surface area contributed by atoms with E-state index in [-0.39, 0.29) is 17.9 Å². The molecule has 0 atom stereocenters. The van der Waals surface area contributed by atoms with Crippen LogP contribution in [0.1, 0.15) is 10.4 Å². The van der Waals surface area contributed by atoms with Gasteiger partial charge in [0.1, 0.15) is 22.8 Å². The van der Waals surface area contributed by atoms with Crippen LogP contribution < -0.4 is 4.74 Å². The molecule has 76 valence electrons. The summed E-state index contributed by atoms with van der Waals surface area (Å²) in [5.74, 6) is -0.771. The SMILES string of the molecule is O=C(O)c1ccccc1OCC(Cl)Cl. The number of carbonyl (C=O) groups is 1. The molecule has 1 aromatic carbocycles. The maximum atomic E-state index is 10.7. The van der Waals surface area contributed by atoms with Crippen LogP contribution in [-0.4, -0.2) is 22.5 Å². The van der Waals surface area contributed by atoms with Crippen LogP contribution in [0, 0.1) is 0 Å². The lowest BCUT2D eigenvalue weighted by atomic mass is 10.2. The number of hydrogen-bond acceptors (Lipinski definition) is 2. The zero-order chi connectivity index (χ0) is 10.6. The van der Waals surface area contributed by atoms with Crippen LogP contribution in [0.3, 0.4) is 0 Å². The van der Waals surface area contributed by atoms with Gasteiger partial charge in [-0.2, -0.15) is 0 Å². The lowest BCUT2D eigenvalue weighted by Gasteiger charge is -2.08. The Labute approximate surface area is 91.2 Å². The first-order valence-corrected chi connectivity index (χ1v) is 4.72. The van der Waals surface area contributed by atoms with Gasteiger partial charge in [0.15, 0.2) is 0 Å². The number of carboxylic acid groups (broad SMARTS) is 1. The summed E-state index contributed by atoms with van der Waals surface area (Å²) in [6.07, 6.45) is 0. The van der Waals surface area contributed by atoms with E-state index >= 15 is 0 Å². The molecule has 0 heterocycles. The summed E-state index contributed by atoms with van der Waals surface area (Å²) in [6.45, 7) is 0.0629. The van der Waals surface area contributed by atoms with E-state index in [4.69, 9.17) is 33.0 Å². The minimum atomic E-state index is -1.04. The molecule has 0 spiro atoms. The molecule has 0 saturated heterocycles. The third-order valence-corrected chi connectivity index (χ3v) is 1.73. The lowest BCUT2D eigenvalue weighted by Crippen LogP contribution is -2.08. The van der Waals surface area contributed by atoms with Crippen LogP contribution in [0.2, 0.25) is 0 Å². The summed E-state index contributed by atoms with van der Waals surface area (Å²) in [5.41, 5.74) is 0.0986. The highest BCUT2D eigenvalue weighted by molar-refractivity contribution is 6.44. The number of carboxylic acids is 1. The number of rotatable bonds is 4. The van der Waals surface area contributed by atoms with Gasteiger partial charge in [0.2, 0.25) is 0 Å². The van der Waals surface area contributed by atoms with E-state index in [9.17, 15) is 4.79 Å². The Balaban J connectivity index is 2.79. The van der Waals surface area contributed by atoms with Crippen molar-refractivity contribution in [1.29, 1.82) is 0 Å². The van der Waals surface area contributed by atoms with Gasteiger partial charge < -0.3 is 9.84 Å². The second-order valence-electron chi connectivity index (χ2n) is 2.50. The first kappa shape index (κ1) is 11.1. The van der Waals surface area contributed by atoms with E-state index in [2.05, 4.69) is 0 Å². The second-order valence-corrected chi connectivity index (χ2v) is 3.78. The molecule has 1 N–H and O–H groups in total. The molecule has 3 nitrogen and oxygen atoms in total. The summed E-state index contributed by atoms with van der Waals surface area (Å²) >= 11 is 10.9. The molecule has 0 saturated carbocycles. The molecule has 0 fully saturated rings. The predicted octanol–water partition coefficient (Wildman–Crippen LogP) is 2.57. The van der Waals surface area contributed by atoms with E-state index in [1.165, 1.54) is 6.07 Å². The van der Waals surface area contributed by atoms with E-state index in [0.29, 0.717) is 0 Å². The molecule has 5 heteroatoms. The molecule has 14 heavy (non-hydrogen) atoms. The van der Waals surface area contributed by atoms with Crippen LogP contribution in [-0.2, 0) is 0 Å². The van der Waals surface area contributed by atoms with Crippen LogP contribution in [0.5, 0.6) is 5.75 Å². The topological polar surface area (TPSA) is 46.5 Å². The summed E-state index contributed by atoms with van der Waals surface area (Å²) < 4.78 is 5.12. The normalized spacial score (nSPS) is 10.2. The zero-order valence-electron chi connectivity index (χ0n) is 7.11. The Morgan fingerprint density at radius 3 is 2.64 bits per heavy atom. The van der Waals surface area contributed by atoms with Crippen molar-refractivity contribution in [1.82, 2.24) is 0 Å². The van der Waals surface area contributed by atoms with Crippen molar-refractivity contribution >= 4 is 29.2 Å². The van der Waals surface area contributed by atoms with Crippen LogP contribution in [0.4, 0.5) is 0 Å². The fourth-order valence-electron chi connectivity index (χ4n) is 0.922. The minimum Gasteiger partial charge on any atom is -0.490 e. The number of halogens is 2. The van der Waals surface area contributed by atoms with Crippen molar-refractivity contribution in [3.8, 4) is 5.75 Å². The van der Waals surface area contributed by atoms with E-state index in [0.717, 1.165) is 0 Å². The molecule has 0 aliphatic rings. The molecule has 0 radical (unpaired) electrons. The largest absolute Gasteiger partial charge is 0.490 e. The van der Waals surface area contributed by atoms with E-state index in [1.54, 1.807) is 18.2 Å². The van der Waals surface area contributed by atoms with Crippen molar-refractivity contribution in [3.05, 3.63) is 29.8 Å². The highest BCUT2D eigenvalue weighted by Crippen LogP contribution is 2.18. The third-order valence-electron chi connectivity index (χ3n) is 1.48. The van der Waals surface area contributed by atoms with Gasteiger partial charge in [-0.1, -0.05) is 12.1 Å². The lowest BCUT2D eigenvalue weighted by molar-refractivity contribution is 0.0692. The van der Waals surface area contributed by atoms with Gasteiger partial charge in [-0.05, 0) is 12.1 Å². The third kappa shape index (κ3) is 3.09. The number of hydrogen-bond donors (Lipinski definition) is 1. The van der Waals surface area contributed by atoms with Gasteiger partial charge in [0.05, 0.1) is 0 Å². The number of ether oxygens (including phenoxy) is 1. The van der Waals surface area contributed by atoms with Gasteiger partial charge in [0, 0.05) is 0 Å². The number of para-hydroxylation sites is 1. The Hall–Kier alpha value is -0.930. The summed E-state index contributed by atoms with van der Waals surface area (Å²) in [7, 11) is 0. The zero-order valence-corrected chi connectivity index (χ0v) is 8.63. The van der Waals surface area contributed by atoms with Crippen LogP contribution >= 0.6 is 23.2 Å². The number of benzene rings is 1. The summed E-state index contributed by atoms with van der Waals surface area (Å²) in [6, 6.07) is 6.31. The quantitative estimate of drug-likeness (QED) is 0.815. The minimum absolute atomic E-state index is 0.0629. The fourth-order valence-corrected chi connectivity index (χ4v) is 1.05. The Kier molecular flexibility index (Phi) is 4.04. The average molecular weight is 235 g/mol. The summed E-state index contributed by atoms with van der Waals surface area (Å²) in [4.78, 5) is 10.1. The van der Waals surface area contributed by atoms with Gasteiger partial charge in [-0.3, -0.25) is 0 Å².